The van der Waals surface area contributed by atoms with E-state index in [-0.39, 0.29) is 18.3 Å². The van der Waals surface area contributed by atoms with Crippen LogP contribution in [0.25, 0.3) is 0 Å². The van der Waals surface area contributed by atoms with Crippen molar-refractivity contribution in [3.05, 3.63) is 76.7 Å². The highest BCUT2D eigenvalue weighted by Gasteiger charge is 2.19. The number of halogens is 2. The molecule has 0 spiro atoms. The monoisotopic (exact) mass is 414 g/mol. The van der Waals surface area contributed by atoms with Crippen molar-refractivity contribution in [2.45, 2.75) is 6.54 Å². The molecule has 6 nitrogen and oxygen atoms in total. The van der Waals surface area contributed by atoms with Gasteiger partial charge in [-0.05, 0) is 29.8 Å². The van der Waals surface area contributed by atoms with Gasteiger partial charge in [-0.3, -0.25) is 4.79 Å². The molecule has 0 bridgehead atoms. The van der Waals surface area contributed by atoms with Crippen molar-refractivity contribution < 1.29 is 23.4 Å². The topological polar surface area (TPSA) is 69.7 Å². The number of nitrogens with one attached hydrogen (secondary N) is 1. The van der Waals surface area contributed by atoms with Crippen LogP contribution in [0, 0.1) is 5.82 Å². The number of carbonyl (C=O) groups is 1. The summed E-state index contributed by atoms with van der Waals surface area (Å²) < 4.78 is 29.6. The molecule has 8 heteroatoms. The van der Waals surface area contributed by atoms with Crippen LogP contribution in [-0.2, 0) is 6.54 Å². The Labute approximate surface area is 171 Å². The average Bonchev–Trinajstić information content (AvgIpc) is 2.73. The van der Waals surface area contributed by atoms with Gasteiger partial charge >= 0.3 is 0 Å². The van der Waals surface area contributed by atoms with E-state index in [4.69, 9.17) is 25.8 Å². The molecule has 0 aliphatic carbocycles. The summed E-state index contributed by atoms with van der Waals surface area (Å²) in [6, 6.07) is 12.3. The fourth-order valence-corrected chi connectivity index (χ4v) is 3.02. The second-order valence-electron chi connectivity index (χ2n) is 6.23. The van der Waals surface area contributed by atoms with Crippen LogP contribution < -0.4 is 19.5 Å². The zero-order chi connectivity index (χ0) is 20.2. The van der Waals surface area contributed by atoms with E-state index in [1.54, 1.807) is 42.6 Å². The van der Waals surface area contributed by atoms with Gasteiger partial charge in [0.1, 0.15) is 24.8 Å². The van der Waals surface area contributed by atoms with Gasteiger partial charge in [0, 0.05) is 30.4 Å². The Kier molecular flexibility index (Phi) is 5.48. The number of carbonyl (C=O) groups excluding carboxylic acids is 1. The Hall–Kier alpha value is -3.32. The predicted molar refractivity (Wildman–Crippen MR) is 104 cm³/mol. The molecule has 2 heterocycles. The van der Waals surface area contributed by atoms with Gasteiger partial charge in [-0.1, -0.05) is 23.7 Å². The van der Waals surface area contributed by atoms with Gasteiger partial charge in [0.15, 0.2) is 11.5 Å². The van der Waals surface area contributed by atoms with E-state index in [0.29, 0.717) is 46.9 Å². The Morgan fingerprint density at radius 1 is 1.17 bits per heavy atom. The van der Waals surface area contributed by atoms with Crippen molar-refractivity contribution in [1.82, 2.24) is 10.3 Å². The summed E-state index contributed by atoms with van der Waals surface area (Å²) in [5.41, 5.74) is 1.15. The highest BCUT2D eigenvalue weighted by Crippen LogP contribution is 2.38. The van der Waals surface area contributed by atoms with Crippen molar-refractivity contribution in [2.75, 3.05) is 13.2 Å². The summed E-state index contributed by atoms with van der Waals surface area (Å²) in [4.78, 5) is 16.6. The standard InChI is InChI=1S/C21H16ClFN2O4/c22-17-8-14(9-18-20(17)28-7-6-27-18)21(26)25-12-13-4-5-19(24-11-13)29-16-3-1-2-15(23)10-16/h1-5,8-11H,6-7,12H2,(H,25,26). The van der Waals surface area contributed by atoms with E-state index in [1.807, 2.05) is 0 Å². The predicted octanol–water partition coefficient (Wildman–Crippen LogP) is 4.37. The van der Waals surface area contributed by atoms with E-state index < -0.39 is 0 Å². The molecule has 148 valence electrons. The molecule has 1 N–H and O–H groups in total. The molecule has 29 heavy (non-hydrogen) atoms. The lowest BCUT2D eigenvalue weighted by Gasteiger charge is -2.20. The minimum absolute atomic E-state index is 0.262. The van der Waals surface area contributed by atoms with Gasteiger partial charge in [0.2, 0.25) is 5.88 Å². The molecule has 0 radical (unpaired) electrons. The number of nitrogens with zero attached hydrogens (tertiary/aromatic N) is 1. The molecule has 0 atom stereocenters. The first kappa shape index (κ1) is 19.0. The normalized spacial score (nSPS) is 12.3. The maximum absolute atomic E-state index is 13.2. The van der Waals surface area contributed by atoms with Crippen LogP contribution in [-0.4, -0.2) is 24.1 Å². The number of hydrogen-bond donors (Lipinski definition) is 1. The molecule has 2 aromatic carbocycles. The summed E-state index contributed by atoms with van der Waals surface area (Å²) in [5, 5.41) is 3.13. The molecular formula is C21H16ClFN2O4. The highest BCUT2D eigenvalue weighted by atomic mass is 35.5. The quantitative estimate of drug-likeness (QED) is 0.671. The van der Waals surface area contributed by atoms with Crippen LogP contribution >= 0.6 is 11.6 Å². The molecule has 1 aliphatic rings. The van der Waals surface area contributed by atoms with E-state index >= 15 is 0 Å². The van der Waals surface area contributed by atoms with Crippen LogP contribution in [0.4, 0.5) is 4.39 Å². The molecule has 1 amide bonds. The van der Waals surface area contributed by atoms with Gasteiger partial charge in [0.05, 0.1) is 5.02 Å². The third-order valence-corrected chi connectivity index (χ3v) is 4.41. The Morgan fingerprint density at radius 2 is 2.03 bits per heavy atom. The number of benzene rings is 2. The second kappa shape index (κ2) is 8.36. The van der Waals surface area contributed by atoms with Crippen LogP contribution in [0.3, 0.4) is 0 Å². The second-order valence-corrected chi connectivity index (χ2v) is 6.64. The zero-order valence-electron chi connectivity index (χ0n) is 15.2. The van der Waals surface area contributed by atoms with Crippen LogP contribution in [0.5, 0.6) is 23.1 Å². The lowest BCUT2D eigenvalue weighted by molar-refractivity contribution is 0.0949. The lowest BCUT2D eigenvalue weighted by atomic mass is 10.1. The molecule has 0 saturated carbocycles. The summed E-state index contributed by atoms with van der Waals surface area (Å²) in [5.74, 6) is 0.894. The van der Waals surface area contributed by atoms with Crippen molar-refractivity contribution in [3.63, 3.8) is 0 Å². The van der Waals surface area contributed by atoms with Gasteiger partial charge < -0.3 is 19.5 Å². The first-order chi connectivity index (χ1) is 14.1. The number of hydrogen-bond acceptors (Lipinski definition) is 5. The molecule has 0 fully saturated rings. The molecular weight excluding hydrogens is 399 g/mol. The zero-order valence-corrected chi connectivity index (χ0v) is 15.9. The minimum Gasteiger partial charge on any atom is -0.486 e. The van der Waals surface area contributed by atoms with Crippen LogP contribution in [0.2, 0.25) is 5.02 Å². The van der Waals surface area contributed by atoms with Gasteiger partial charge in [-0.2, -0.15) is 0 Å². The number of ether oxygens (including phenoxy) is 3. The first-order valence-electron chi connectivity index (χ1n) is 8.84. The molecule has 0 saturated heterocycles. The number of pyridine rings is 1. The van der Waals surface area contributed by atoms with E-state index in [9.17, 15) is 9.18 Å². The number of aromatic nitrogens is 1. The molecule has 1 aliphatic heterocycles. The third-order valence-electron chi connectivity index (χ3n) is 4.13. The Balaban J connectivity index is 1.37. The molecule has 0 unspecified atom stereocenters. The number of rotatable bonds is 5. The SMILES string of the molecule is O=C(NCc1ccc(Oc2cccc(F)c2)nc1)c1cc(Cl)c2c(c1)OCCO2. The van der Waals surface area contributed by atoms with Crippen LogP contribution in [0.1, 0.15) is 15.9 Å². The molecule has 1 aromatic heterocycles. The maximum Gasteiger partial charge on any atom is 0.251 e. The fraction of sp³-hybridized carbons (Fsp3) is 0.143. The summed E-state index contributed by atoms with van der Waals surface area (Å²) in [7, 11) is 0. The van der Waals surface area contributed by atoms with Crippen LogP contribution in [0.15, 0.2) is 54.7 Å². The number of amides is 1. The molecule has 3 aromatic rings. The van der Waals surface area contributed by atoms with Crippen molar-refractivity contribution in [2.24, 2.45) is 0 Å². The smallest absolute Gasteiger partial charge is 0.251 e. The summed E-state index contributed by atoms with van der Waals surface area (Å²) in [6.45, 7) is 1.09. The minimum atomic E-state index is -0.388. The Morgan fingerprint density at radius 3 is 2.83 bits per heavy atom. The van der Waals surface area contributed by atoms with Crippen molar-refractivity contribution in [1.29, 1.82) is 0 Å². The first-order valence-corrected chi connectivity index (χ1v) is 9.22. The van der Waals surface area contributed by atoms with Gasteiger partial charge in [-0.25, -0.2) is 9.37 Å². The summed E-state index contributed by atoms with van der Waals surface area (Å²) >= 11 is 6.17. The van der Waals surface area contributed by atoms with Crippen molar-refractivity contribution in [3.8, 4) is 23.1 Å². The third kappa shape index (κ3) is 4.57. The van der Waals surface area contributed by atoms with E-state index in [0.717, 1.165) is 5.56 Å². The number of fused-ring (bicyclic) bond motifs is 1. The Bertz CT molecular complexity index is 1040. The van der Waals surface area contributed by atoms with E-state index in [1.165, 1.54) is 12.1 Å². The maximum atomic E-state index is 13.2. The van der Waals surface area contributed by atoms with Gasteiger partial charge in [-0.15, -0.1) is 0 Å². The average molecular weight is 415 g/mol. The highest BCUT2D eigenvalue weighted by molar-refractivity contribution is 6.32. The van der Waals surface area contributed by atoms with E-state index in [2.05, 4.69) is 10.3 Å². The summed E-state index contributed by atoms with van der Waals surface area (Å²) in [6.07, 6.45) is 1.58. The lowest BCUT2D eigenvalue weighted by Crippen LogP contribution is -2.23. The van der Waals surface area contributed by atoms with Crippen molar-refractivity contribution >= 4 is 17.5 Å². The largest absolute Gasteiger partial charge is 0.486 e. The van der Waals surface area contributed by atoms with Gasteiger partial charge in [0.25, 0.3) is 5.91 Å². The molecule has 4 rings (SSSR count). The fourth-order valence-electron chi connectivity index (χ4n) is 2.75.